The van der Waals surface area contributed by atoms with Crippen LogP contribution < -0.4 is 14.2 Å². The molecule has 0 aromatic heterocycles. The lowest BCUT2D eigenvalue weighted by Gasteiger charge is -2.12. The Balaban J connectivity index is 2.23. The van der Waals surface area contributed by atoms with Gasteiger partial charge in [-0.15, -0.1) is 0 Å². The predicted molar refractivity (Wildman–Crippen MR) is 94.8 cm³/mol. The summed E-state index contributed by atoms with van der Waals surface area (Å²) in [6, 6.07) is 10.2. The van der Waals surface area contributed by atoms with E-state index in [4.69, 9.17) is 8.92 Å². The van der Waals surface area contributed by atoms with Gasteiger partial charge in [0.25, 0.3) is 0 Å². The van der Waals surface area contributed by atoms with Crippen LogP contribution in [0.1, 0.15) is 29.8 Å². The molecule has 0 aliphatic rings. The molecule has 0 bridgehead atoms. The van der Waals surface area contributed by atoms with Crippen LogP contribution in [-0.2, 0) is 21.5 Å². The van der Waals surface area contributed by atoms with Gasteiger partial charge >= 0.3 is 10.1 Å². The fraction of sp³-hybridized carbons (Fsp3) is 0.222. The van der Waals surface area contributed by atoms with Gasteiger partial charge in [-0.3, -0.25) is 9.59 Å². The first-order valence-electron chi connectivity index (χ1n) is 7.70. The number of ketones is 1. The van der Waals surface area contributed by atoms with Gasteiger partial charge in [0, 0.05) is 19.0 Å². The van der Waals surface area contributed by atoms with Crippen LogP contribution in [0.15, 0.2) is 47.4 Å². The monoisotopic (exact) mass is 377 g/mol. The lowest BCUT2D eigenvalue weighted by atomic mass is 10.1. The van der Waals surface area contributed by atoms with E-state index in [1.54, 1.807) is 12.1 Å². The van der Waals surface area contributed by atoms with Crippen molar-refractivity contribution < 1.29 is 26.9 Å². The second kappa shape index (κ2) is 8.01. The third-order valence-electron chi connectivity index (χ3n) is 3.52. The van der Waals surface area contributed by atoms with Crippen molar-refractivity contribution in [2.45, 2.75) is 25.3 Å². The molecule has 2 aromatic carbocycles. The van der Waals surface area contributed by atoms with Gasteiger partial charge in [0.2, 0.25) is 5.91 Å². The van der Waals surface area contributed by atoms with Crippen molar-refractivity contribution in [1.29, 1.82) is 0 Å². The van der Waals surface area contributed by atoms with E-state index in [1.165, 1.54) is 51.3 Å². The van der Waals surface area contributed by atoms with Gasteiger partial charge in [-0.1, -0.05) is 12.1 Å². The Bertz CT molecular complexity index is 919. The van der Waals surface area contributed by atoms with Crippen LogP contribution in [0.2, 0.25) is 0 Å². The standard InChI is InChI=1S/C18H19NO6S/c1-12(20)15-6-9-17(18(10-15)24-3)25-26(22,23)16-7-4-14(5-8-16)11-19-13(2)21/h4-10H,11H2,1-3H3,(H,19,21). The number of Topliss-reactive ketones (excluding diaryl/α,β-unsaturated/α-hetero) is 1. The zero-order chi connectivity index (χ0) is 19.3. The summed E-state index contributed by atoms with van der Waals surface area (Å²) in [5.41, 5.74) is 1.14. The highest BCUT2D eigenvalue weighted by Crippen LogP contribution is 2.31. The molecule has 0 saturated heterocycles. The second-order valence-corrected chi connectivity index (χ2v) is 7.06. The Morgan fingerprint density at radius 1 is 1.00 bits per heavy atom. The number of methoxy groups -OCH3 is 1. The zero-order valence-corrected chi connectivity index (χ0v) is 15.4. The van der Waals surface area contributed by atoms with Crippen molar-refractivity contribution in [3.05, 3.63) is 53.6 Å². The summed E-state index contributed by atoms with van der Waals surface area (Å²) in [5, 5.41) is 2.63. The number of amides is 1. The summed E-state index contributed by atoms with van der Waals surface area (Å²) in [4.78, 5) is 22.3. The minimum Gasteiger partial charge on any atom is -0.493 e. The summed E-state index contributed by atoms with van der Waals surface area (Å²) >= 11 is 0. The van der Waals surface area contributed by atoms with E-state index >= 15 is 0 Å². The van der Waals surface area contributed by atoms with Gasteiger partial charge in [-0.25, -0.2) is 0 Å². The Morgan fingerprint density at radius 2 is 1.65 bits per heavy atom. The van der Waals surface area contributed by atoms with E-state index in [0.717, 1.165) is 5.56 Å². The van der Waals surface area contributed by atoms with E-state index < -0.39 is 10.1 Å². The first kappa shape index (κ1) is 19.5. The Kier molecular flexibility index (Phi) is 5.99. The van der Waals surface area contributed by atoms with Crippen molar-refractivity contribution in [2.75, 3.05) is 7.11 Å². The highest BCUT2D eigenvalue weighted by molar-refractivity contribution is 7.87. The number of benzene rings is 2. The molecule has 0 fully saturated rings. The van der Waals surface area contributed by atoms with Crippen LogP contribution in [0, 0.1) is 0 Å². The molecule has 138 valence electrons. The fourth-order valence-electron chi connectivity index (χ4n) is 2.12. The highest BCUT2D eigenvalue weighted by atomic mass is 32.2. The van der Waals surface area contributed by atoms with Crippen molar-refractivity contribution in [2.24, 2.45) is 0 Å². The maximum absolute atomic E-state index is 12.5. The molecule has 8 heteroatoms. The Morgan fingerprint density at radius 3 is 2.19 bits per heavy atom. The summed E-state index contributed by atoms with van der Waals surface area (Å²) < 4.78 is 35.2. The molecule has 2 aromatic rings. The normalized spacial score (nSPS) is 10.9. The number of hydrogen-bond donors (Lipinski definition) is 1. The molecule has 0 spiro atoms. The summed E-state index contributed by atoms with van der Waals surface area (Å²) in [7, 11) is -2.72. The molecule has 0 heterocycles. The number of carbonyl (C=O) groups excluding carboxylic acids is 2. The van der Waals surface area contributed by atoms with Crippen LogP contribution in [0.5, 0.6) is 11.5 Å². The average molecular weight is 377 g/mol. The quantitative estimate of drug-likeness (QED) is 0.587. The summed E-state index contributed by atoms with van der Waals surface area (Å²) in [5.74, 6) is -0.220. The van der Waals surface area contributed by atoms with Crippen molar-refractivity contribution in [3.63, 3.8) is 0 Å². The molecular formula is C18H19NO6S. The molecule has 0 atom stereocenters. The molecular weight excluding hydrogens is 358 g/mol. The molecule has 2 rings (SSSR count). The topological polar surface area (TPSA) is 98.8 Å². The van der Waals surface area contributed by atoms with Gasteiger partial charge < -0.3 is 14.2 Å². The zero-order valence-electron chi connectivity index (χ0n) is 14.6. The van der Waals surface area contributed by atoms with Crippen LogP contribution in [0.4, 0.5) is 0 Å². The molecule has 0 aliphatic heterocycles. The fourth-order valence-corrected chi connectivity index (χ4v) is 3.06. The molecule has 0 unspecified atom stereocenters. The third-order valence-corrected chi connectivity index (χ3v) is 4.77. The molecule has 0 aliphatic carbocycles. The maximum atomic E-state index is 12.5. The Hall–Kier alpha value is -2.87. The van der Waals surface area contributed by atoms with E-state index in [-0.39, 0.29) is 28.1 Å². The lowest BCUT2D eigenvalue weighted by Crippen LogP contribution is -2.19. The van der Waals surface area contributed by atoms with E-state index in [9.17, 15) is 18.0 Å². The van der Waals surface area contributed by atoms with Crippen molar-refractivity contribution in [1.82, 2.24) is 5.32 Å². The number of hydrogen-bond acceptors (Lipinski definition) is 6. The van der Waals surface area contributed by atoms with E-state index in [2.05, 4.69) is 5.32 Å². The van der Waals surface area contributed by atoms with E-state index in [1.807, 2.05) is 0 Å². The molecule has 7 nitrogen and oxygen atoms in total. The maximum Gasteiger partial charge on any atom is 0.339 e. The number of nitrogens with one attached hydrogen (secondary N) is 1. The molecule has 1 N–H and O–H groups in total. The third kappa shape index (κ3) is 4.82. The summed E-state index contributed by atoms with van der Waals surface area (Å²) in [6.07, 6.45) is 0. The van der Waals surface area contributed by atoms with Crippen LogP contribution in [-0.4, -0.2) is 27.2 Å². The largest absolute Gasteiger partial charge is 0.493 e. The minimum atomic E-state index is -4.08. The van der Waals surface area contributed by atoms with Crippen molar-refractivity contribution in [3.8, 4) is 11.5 Å². The minimum absolute atomic E-state index is 0.0141. The van der Waals surface area contributed by atoms with Gasteiger partial charge in [-0.2, -0.15) is 8.42 Å². The molecule has 1 amide bonds. The number of rotatable bonds is 7. The highest BCUT2D eigenvalue weighted by Gasteiger charge is 2.19. The van der Waals surface area contributed by atoms with Crippen LogP contribution >= 0.6 is 0 Å². The SMILES string of the molecule is COc1cc(C(C)=O)ccc1OS(=O)(=O)c1ccc(CNC(C)=O)cc1. The summed E-state index contributed by atoms with van der Waals surface area (Å²) in [6.45, 7) is 3.10. The Labute approximate surface area is 152 Å². The lowest BCUT2D eigenvalue weighted by molar-refractivity contribution is -0.119. The number of carbonyl (C=O) groups is 2. The van der Waals surface area contributed by atoms with E-state index in [0.29, 0.717) is 12.1 Å². The van der Waals surface area contributed by atoms with Crippen LogP contribution in [0.25, 0.3) is 0 Å². The van der Waals surface area contributed by atoms with Gasteiger partial charge in [0.1, 0.15) is 4.90 Å². The molecule has 0 saturated carbocycles. The first-order valence-corrected chi connectivity index (χ1v) is 9.10. The average Bonchev–Trinajstić information content (AvgIpc) is 2.60. The smallest absolute Gasteiger partial charge is 0.339 e. The van der Waals surface area contributed by atoms with Crippen molar-refractivity contribution >= 4 is 21.8 Å². The predicted octanol–water partition coefficient (Wildman–Crippen LogP) is 2.30. The molecule has 26 heavy (non-hydrogen) atoms. The van der Waals surface area contributed by atoms with Gasteiger partial charge in [0.05, 0.1) is 7.11 Å². The molecule has 0 radical (unpaired) electrons. The van der Waals surface area contributed by atoms with Gasteiger partial charge in [-0.05, 0) is 42.8 Å². The second-order valence-electron chi connectivity index (χ2n) is 5.51. The number of ether oxygens (including phenoxy) is 1. The van der Waals surface area contributed by atoms with Gasteiger partial charge in [0.15, 0.2) is 17.3 Å². The first-order chi connectivity index (χ1) is 12.2. The van der Waals surface area contributed by atoms with Crippen LogP contribution in [0.3, 0.4) is 0 Å².